The van der Waals surface area contributed by atoms with Crippen LogP contribution in [0.15, 0.2) is 42.9 Å². The number of aromatic nitrogens is 6. The van der Waals surface area contributed by atoms with Gasteiger partial charge in [-0.3, -0.25) is 4.98 Å². The van der Waals surface area contributed by atoms with Crippen LogP contribution in [0, 0.1) is 12.3 Å². The second-order valence-corrected chi connectivity index (χ2v) is 9.70. The number of pyridine rings is 2. The van der Waals surface area contributed by atoms with Crippen LogP contribution in [0.4, 0.5) is 20.3 Å². The van der Waals surface area contributed by atoms with Gasteiger partial charge in [-0.2, -0.15) is 13.9 Å². The maximum Gasteiger partial charge on any atom is 0.387 e. The highest BCUT2D eigenvalue weighted by atomic mass is 35.5. The third-order valence-electron chi connectivity index (χ3n) is 5.53. The van der Waals surface area contributed by atoms with E-state index < -0.39 is 6.61 Å². The van der Waals surface area contributed by atoms with E-state index in [-0.39, 0.29) is 16.3 Å². The molecule has 0 amide bonds. The van der Waals surface area contributed by atoms with E-state index in [9.17, 15) is 8.78 Å². The van der Waals surface area contributed by atoms with Crippen molar-refractivity contribution in [1.82, 2.24) is 29.7 Å². The van der Waals surface area contributed by atoms with Crippen molar-refractivity contribution in [3.05, 3.63) is 53.7 Å². The highest BCUT2D eigenvalue weighted by Crippen LogP contribution is 2.33. The summed E-state index contributed by atoms with van der Waals surface area (Å²) in [6, 6.07) is 6.04. The Bertz CT molecular complexity index is 1430. The zero-order valence-corrected chi connectivity index (χ0v) is 22.0. The predicted octanol–water partition coefficient (Wildman–Crippen LogP) is 5.00. The van der Waals surface area contributed by atoms with E-state index in [0.29, 0.717) is 58.9 Å². The zero-order chi connectivity index (χ0) is 27.4. The van der Waals surface area contributed by atoms with E-state index in [0.717, 1.165) is 0 Å². The Morgan fingerprint density at radius 2 is 1.92 bits per heavy atom. The standard InChI is InChI=1S/C25H27ClF2N8O2/c1-14-21(22-31-8-6-20(29)34-22)23(36(4)35-14)37-13-25(2,3)12-33-18-10-19(26)32-11-16(18)17-9-15(5-7-30-17)38-24(27)28/h5-11,24H,12-13H2,1-4H3,(H,32,33)(H2,29,31,34). The maximum atomic E-state index is 12.7. The Morgan fingerprint density at radius 1 is 1.16 bits per heavy atom. The molecule has 4 aromatic rings. The van der Waals surface area contributed by atoms with Crippen LogP contribution in [0.1, 0.15) is 19.5 Å². The van der Waals surface area contributed by atoms with Gasteiger partial charge in [0.1, 0.15) is 22.3 Å². The molecular weight excluding hydrogens is 518 g/mol. The van der Waals surface area contributed by atoms with Gasteiger partial charge in [0.2, 0.25) is 5.88 Å². The molecular formula is C25H27ClF2N8O2. The number of aryl methyl sites for hydroxylation is 2. The van der Waals surface area contributed by atoms with Gasteiger partial charge in [0.15, 0.2) is 5.82 Å². The minimum atomic E-state index is -2.94. The number of alkyl halides is 2. The van der Waals surface area contributed by atoms with E-state index in [2.05, 4.69) is 35.1 Å². The lowest BCUT2D eigenvalue weighted by molar-refractivity contribution is -0.0498. The summed E-state index contributed by atoms with van der Waals surface area (Å²) in [6.07, 6.45) is 4.50. The molecule has 0 aromatic carbocycles. The molecule has 38 heavy (non-hydrogen) atoms. The fraction of sp³-hybridized carbons (Fsp3) is 0.320. The van der Waals surface area contributed by atoms with Crippen molar-refractivity contribution in [2.75, 3.05) is 24.2 Å². The quantitative estimate of drug-likeness (QED) is 0.265. The molecule has 0 aliphatic heterocycles. The lowest BCUT2D eigenvalue weighted by Gasteiger charge is -2.26. The van der Waals surface area contributed by atoms with Gasteiger partial charge in [-0.15, -0.1) is 0 Å². The second kappa shape index (κ2) is 11.1. The highest BCUT2D eigenvalue weighted by molar-refractivity contribution is 6.29. The first-order chi connectivity index (χ1) is 18.0. The average molecular weight is 545 g/mol. The zero-order valence-electron chi connectivity index (χ0n) is 21.2. The first kappa shape index (κ1) is 27.0. The van der Waals surface area contributed by atoms with E-state index >= 15 is 0 Å². The Morgan fingerprint density at radius 3 is 2.66 bits per heavy atom. The number of halogens is 3. The van der Waals surface area contributed by atoms with Gasteiger partial charge < -0.3 is 20.5 Å². The highest BCUT2D eigenvalue weighted by Gasteiger charge is 2.25. The molecule has 0 saturated heterocycles. The fourth-order valence-corrected chi connectivity index (χ4v) is 3.88. The van der Waals surface area contributed by atoms with Crippen molar-refractivity contribution < 1.29 is 18.3 Å². The summed E-state index contributed by atoms with van der Waals surface area (Å²) in [6.45, 7) is 3.75. The van der Waals surface area contributed by atoms with Gasteiger partial charge in [0.25, 0.3) is 0 Å². The van der Waals surface area contributed by atoms with Gasteiger partial charge in [0, 0.05) is 54.9 Å². The van der Waals surface area contributed by atoms with E-state index in [1.54, 1.807) is 30.1 Å². The summed E-state index contributed by atoms with van der Waals surface area (Å²) in [5, 5.41) is 8.09. The van der Waals surface area contributed by atoms with Crippen LogP contribution in [-0.2, 0) is 7.05 Å². The maximum absolute atomic E-state index is 12.7. The molecule has 3 N–H and O–H groups in total. The molecule has 0 atom stereocenters. The first-order valence-electron chi connectivity index (χ1n) is 11.6. The Kier molecular flexibility index (Phi) is 7.91. The number of nitrogen functional groups attached to an aromatic ring is 1. The van der Waals surface area contributed by atoms with Gasteiger partial charge in [0.05, 0.1) is 18.0 Å². The van der Waals surface area contributed by atoms with Crippen molar-refractivity contribution in [3.8, 4) is 34.3 Å². The van der Waals surface area contributed by atoms with Crippen molar-refractivity contribution in [2.24, 2.45) is 12.5 Å². The number of hydrogen-bond donors (Lipinski definition) is 2. The van der Waals surface area contributed by atoms with Crippen LogP contribution in [0.25, 0.3) is 22.6 Å². The van der Waals surface area contributed by atoms with Crippen molar-refractivity contribution in [2.45, 2.75) is 27.4 Å². The SMILES string of the molecule is Cc1nn(C)c(OCC(C)(C)CNc2cc(Cl)ncc2-c2cc(OC(F)F)ccn2)c1-c1nccc(N)n1. The van der Waals surface area contributed by atoms with Crippen molar-refractivity contribution in [1.29, 1.82) is 0 Å². The summed E-state index contributed by atoms with van der Waals surface area (Å²) >= 11 is 6.15. The Balaban J connectivity index is 1.51. The number of anilines is 2. The average Bonchev–Trinajstić information content (AvgIpc) is 3.14. The molecule has 0 bridgehead atoms. The summed E-state index contributed by atoms with van der Waals surface area (Å²) in [5.74, 6) is 1.30. The number of hydrogen-bond acceptors (Lipinski definition) is 9. The number of nitrogens with two attached hydrogens (primary N) is 1. The van der Waals surface area contributed by atoms with Gasteiger partial charge in [-0.1, -0.05) is 25.4 Å². The summed E-state index contributed by atoms with van der Waals surface area (Å²) in [4.78, 5) is 17.0. The van der Waals surface area contributed by atoms with Crippen LogP contribution in [0.3, 0.4) is 0 Å². The molecule has 4 heterocycles. The third-order valence-corrected chi connectivity index (χ3v) is 5.74. The molecule has 0 saturated carbocycles. The summed E-state index contributed by atoms with van der Waals surface area (Å²) in [7, 11) is 1.79. The van der Waals surface area contributed by atoms with E-state index in [1.165, 1.54) is 24.5 Å². The molecule has 0 unspecified atom stereocenters. The van der Waals surface area contributed by atoms with Gasteiger partial charge in [-0.25, -0.2) is 19.6 Å². The minimum absolute atomic E-state index is 0.00828. The van der Waals surface area contributed by atoms with Crippen LogP contribution >= 0.6 is 11.6 Å². The van der Waals surface area contributed by atoms with Crippen LogP contribution < -0.4 is 20.5 Å². The third kappa shape index (κ3) is 6.43. The lowest BCUT2D eigenvalue weighted by atomic mass is 9.94. The van der Waals surface area contributed by atoms with E-state index in [4.69, 9.17) is 22.1 Å². The molecule has 0 radical (unpaired) electrons. The molecule has 4 aromatic heterocycles. The molecule has 4 rings (SSSR count). The molecule has 10 nitrogen and oxygen atoms in total. The normalized spacial score (nSPS) is 11.6. The largest absolute Gasteiger partial charge is 0.477 e. The first-order valence-corrected chi connectivity index (χ1v) is 12.0. The predicted molar refractivity (Wildman–Crippen MR) is 140 cm³/mol. The molecule has 0 aliphatic rings. The van der Waals surface area contributed by atoms with Crippen LogP contribution in [0.5, 0.6) is 11.6 Å². The molecule has 13 heteroatoms. The van der Waals surface area contributed by atoms with Crippen molar-refractivity contribution in [3.63, 3.8) is 0 Å². The lowest BCUT2D eigenvalue weighted by Crippen LogP contribution is -2.30. The number of nitrogens with one attached hydrogen (secondary N) is 1. The van der Waals surface area contributed by atoms with Gasteiger partial charge in [-0.05, 0) is 25.1 Å². The Labute approximate surface area is 223 Å². The molecule has 200 valence electrons. The molecule has 0 spiro atoms. The number of ether oxygens (including phenoxy) is 2. The molecule has 0 fully saturated rings. The van der Waals surface area contributed by atoms with Gasteiger partial charge >= 0.3 is 6.61 Å². The summed E-state index contributed by atoms with van der Waals surface area (Å²) in [5.41, 5.74) is 8.46. The van der Waals surface area contributed by atoms with Crippen molar-refractivity contribution >= 4 is 23.1 Å². The molecule has 0 aliphatic carbocycles. The fourth-order valence-electron chi connectivity index (χ4n) is 3.72. The summed E-state index contributed by atoms with van der Waals surface area (Å²) < 4.78 is 37.7. The minimum Gasteiger partial charge on any atom is -0.477 e. The monoisotopic (exact) mass is 544 g/mol. The van der Waals surface area contributed by atoms with E-state index in [1.807, 2.05) is 20.8 Å². The number of nitrogens with zero attached hydrogens (tertiary/aromatic N) is 6. The Hall–Kier alpha value is -4.06. The van der Waals surface area contributed by atoms with Crippen LogP contribution in [0.2, 0.25) is 5.15 Å². The van der Waals surface area contributed by atoms with Crippen LogP contribution in [-0.4, -0.2) is 49.5 Å². The smallest absolute Gasteiger partial charge is 0.387 e. The topological polar surface area (TPSA) is 126 Å². The number of rotatable bonds is 10. The second-order valence-electron chi connectivity index (χ2n) is 9.31.